The molecule has 3 rings (SSSR count). The van der Waals surface area contributed by atoms with E-state index in [1.807, 2.05) is 11.8 Å². The highest BCUT2D eigenvalue weighted by molar-refractivity contribution is 7.92. The van der Waals surface area contributed by atoms with Crippen LogP contribution in [0.3, 0.4) is 0 Å². The SMILES string of the molecule is C=CC(N1CCC(Oc2ncc(CC)cn2)CC1)S(=O)(=O)C[C@]1(C)CNCN1. The maximum Gasteiger partial charge on any atom is 0.316 e. The van der Waals surface area contributed by atoms with Crippen LogP contribution in [0.5, 0.6) is 6.01 Å². The van der Waals surface area contributed by atoms with Gasteiger partial charge in [0, 0.05) is 44.2 Å². The molecule has 1 aromatic rings. The second kappa shape index (κ2) is 8.86. The summed E-state index contributed by atoms with van der Waals surface area (Å²) in [4.78, 5) is 10.5. The van der Waals surface area contributed by atoms with Gasteiger partial charge in [-0.3, -0.25) is 10.2 Å². The van der Waals surface area contributed by atoms with E-state index in [1.165, 1.54) is 0 Å². The van der Waals surface area contributed by atoms with Crippen molar-refractivity contribution in [1.29, 1.82) is 0 Å². The third kappa shape index (κ3) is 5.08. The van der Waals surface area contributed by atoms with Gasteiger partial charge in [-0.05, 0) is 31.7 Å². The Bertz CT molecular complexity index is 754. The predicted octanol–water partition coefficient (Wildman–Crippen LogP) is 0.718. The van der Waals surface area contributed by atoms with Crippen LogP contribution in [0.1, 0.15) is 32.3 Å². The van der Waals surface area contributed by atoms with Crippen LogP contribution in [-0.2, 0) is 16.3 Å². The zero-order valence-corrected chi connectivity index (χ0v) is 17.5. The number of nitrogens with one attached hydrogen (secondary N) is 2. The largest absolute Gasteiger partial charge is 0.460 e. The lowest BCUT2D eigenvalue weighted by Gasteiger charge is -2.36. The first kappa shape index (κ1) is 21.2. The van der Waals surface area contributed by atoms with Crippen LogP contribution in [0.4, 0.5) is 0 Å². The minimum atomic E-state index is -3.36. The van der Waals surface area contributed by atoms with Gasteiger partial charge in [0.25, 0.3) is 0 Å². The second-order valence-corrected chi connectivity index (χ2v) is 9.95. The molecule has 2 aliphatic heterocycles. The van der Waals surface area contributed by atoms with Crippen molar-refractivity contribution in [3.8, 4) is 6.01 Å². The van der Waals surface area contributed by atoms with Crippen molar-refractivity contribution in [2.24, 2.45) is 0 Å². The van der Waals surface area contributed by atoms with Gasteiger partial charge in [0.2, 0.25) is 0 Å². The molecule has 0 spiro atoms. The van der Waals surface area contributed by atoms with Gasteiger partial charge in [0.1, 0.15) is 11.5 Å². The van der Waals surface area contributed by atoms with Crippen molar-refractivity contribution in [2.45, 2.75) is 50.1 Å². The lowest BCUT2D eigenvalue weighted by molar-refractivity contribution is 0.0922. The van der Waals surface area contributed by atoms with Crippen molar-refractivity contribution in [3.63, 3.8) is 0 Å². The van der Waals surface area contributed by atoms with E-state index in [1.54, 1.807) is 18.5 Å². The smallest absolute Gasteiger partial charge is 0.316 e. The summed E-state index contributed by atoms with van der Waals surface area (Å²) >= 11 is 0. The summed E-state index contributed by atoms with van der Waals surface area (Å²) in [6, 6.07) is 0.385. The number of aryl methyl sites for hydroxylation is 1. The highest BCUT2D eigenvalue weighted by Crippen LogP contribution is 2.23. The average molecular weight is 410 g/mol. The van der Waals surface area contributed by atoms with Gasteiger partial charge in [0.05, 0.1) is 5.75 Å². The molecule has 28 heavy (non-hydrogen) atoms. The molecule has 2 N–H and O–H groups in total. The summed E-state index contributed by atoms with van der Waals surface area (Å²) < 4.78 is 31.9. The predicted molar refractivity (Wildman–Crippen MR) is 109 cm³/mol. The summed E-state index contributed by atoms with van der Waals surface area (Å²) in [5, 5.41) is 5.73. The van der Waals surface area contributed by atoms with E-state index in [9.17, 15) is 8.42 Å². The number of likely N-dealkylation sites (tertiary alicyclic amines) is 1. The van der Waals surface area contributed by atoms with E-state index >= 15 is 0 Å². The van der Waals surface area contributed by atoms with Crippen molar-refractivity contribution in [3.05, 3.63) is 30.6 Å². The molecular formula is C19H31N5O3S. The van der Waals surface area contributed by atoms with E-state index in [2.05, 4.69) is 34.1 Å². The first-order valence-corrected chi connectivity index (χ1v) is 11.6. The van der Waals surface area contributed by atoms with Crippen molar-refractivity contribution < 1.29 is 13.2 Å². The summed E-state index contributed by atoms with van der Waals surface area (Å²) in [6.07, 6.45) is 7.46. The first-order valence-electron chi connectivity index (χ1n) is 9.87. The van der Waals surface area contributed by atoms with Crippen LogP contribution in [0.15, 0.2) is 25.0 Å². The molecular weight excluding hydrogens is 378 g/mol. The summed E-state index contributed by atoms with van der Waals surface area (Å²) in [7, 11) is -3.36. The Morgan fingerprint density at radius 3 is 2.61 bits per heavy atom. The lowest BCUT2D eigenvalue weighted by Crippen LogP contribution is -2.52. The van der Waals surface area contributed by atoms with Gasteiger partial charge in [-0.1, -0.05) is 13.0 Å². The maximum absolute atomic E-state index is 13.0. The number of piperidine rings is 1. The van der Waals surface area contributed by atoms with Gasteiger partial charge in [-0.2, -0.15) is 0 Å². The summed E-state index contributed by atoms with van der Waals surface area (Å²) in [5.41, 5.74) is 0.630. The number of hydrogen-bond acceptors (Lipinski definition) is 8. The first-order chi connectivity index (χ1) is 13.3. The van der Waals surface area contributed by atoms with Gasteiger partial charge in [0.15, 0.2) is 9.84 Å². The van der Waals surface area contributed by atoms with Crippen molar-refractivity contribution >= 4 is 9.84 Å². The number of nitrogens with zero attached hydrogens (tertiary/aromatic N) is 3. The standard InChI is InChI=1S/C19H31N5O3S/c1-4-15-10-21-18(22-11-15)27-16-6-8-24(9-7-16)17(5-2)28(25,26)13-19(3)12-20-14-23-19/h5,10-11,16-17,20,23H,2,4,6-9,12-14H2,1,3H3/t17?,19-/m0/s1. The molecule has 0 aliphatic carbocycles. The van der Waals surface area contributed by atoms with E-state index in [4.69, 9.17) is 4.74 Å². The molecule has 2 atom stereocenters. The third-order valence-corrected chi connectivity index (χ3v) is 7.71. The molecule has 0 bridgehead atoms. The Morgan fingerprint density at radius 2 is 2.07 bits per heavy atom. The Labute approximate surface area is 167 Å². The summed E-state index contributed by atoms with van der Waals surface area (Å²) in [6.45, 7) is 10.3. The van der Waals surface area contributed by atoms with Crippen LogP contribution >= 0.6 is 0 Å². The quantitative estimate of drug-likeness (QED) is 0.607. The molecule has 156 valence electrons. The fourth-order valence-corrected chi connectivity index (χ4v) is 6.04. The normalized spacial score (nSPS) is 25.5. The van der Waals surface area contributed by atoms with E-state index in [0.29, 0.717) is 32.3 Å². The Kier molecular flexibility index (Phi) is 6.69. The minimum absolute atomic E-state index is 0.00453. The molecule has 2 saturated heterocycles. The fraction of sp³-hybridized carbons (Fsp3) is 0.684. The average Bonchev–Trinajstić information content (AvgIpc) is 3.09. The van der Waals surface area contributed by atoms with Gasteiger partial charge < -0.3 is 10.1 Å². The number of ether oxygens (including phenoxy) is 1. The molecule has 2 aliphatic rings. The molecule has 0 radical (unpaired) electrons. The molecule has 0 aromatic carbocycles. The topological polar surface area (TPSA) is 96.5 Å². The zero-order valence-electron chi connectivity index (χ0n) is 16.7. The number of hydrogen-bond donors (Lipinski definition) is 2. The minimum Gasteiger partial charge on any atom is -0.460 e. The molecule has 2 fully saturated rings. The van der Waals surface area contributed by atoms with Crippen LogP contribution in [-0.4, -0.2) is 72.4 Å². The monoisotopic (exact) mass is 409 g/mol. The van der Waals surface area contributed by atoms with Crippen molar-refractivity contribution in [1.82, 2.24) is 25.5 Å². The lowest BCUT2D eigenvalue weighted by atomic mass is 10.1. The second-order valence-electron chi connectivity index (χ2n) is 7.86. The van der Waals surface area contributed by atoms with Crippen LogP contribution < -0.4 is 15.4 Å². The van der Waals surface area contributed by atoms with E-state index in [0.717, 1.165) is 24.8 Å². The van der Waals surface area contributed by atoms with Crippen LogP contribution in [0.2, 0.25) is 0 Å². The molecule has 1 aromatic heterocycles. The molecule has 0 amide bonds. The molecule has 1 unspecified atom stereocenters. The molecule has 3 heterocycles. The highest BCUT2D eigenvalue weighted by atomic mass is 32.2. The van der Waals surface area contributed by atoms with E-state index in [-0.39, 0.29) is 11.9 Å². The highest BCUT2D eigenvalue weighted by Gasteiger charge is 2.39. The molecule has 8 nitrogen and oxygen atoms in total. The van der Waals surface area contributed by atoms with Crippen molar-refractivity contribution in [2.75, 3.05) is 32.1 Å². The Balaban J connectivity index is 1.56. The molecule has 9 heteroatoms. The number of aromatic nitrogens is 2. The van der Waals surface area contributed by atoms with Gasteiger partial charge in [-0.15, -0.1) is 6.58 Å². The Hall–Kier alpha value is -1.55. The third-order valence-electron chi connectivity index (χ3n) is 5.44. The fourth-order valence-electron chi connectivity index (χ4n) is 3.81. The van der Waals surface area contributed by atoms with Crippen LogP contribution in [0, 0.1) is 0 Å². The van der Waals surface area contributed by atoms with E-state index < -0.39 is 20.8 Å². The summed E-state index contributed by atoms with van der Waals surface area (Å²) in [5.74, 6) is 0.0811. The van der Waals surface area contributed by atoms with Crippen LogP contribution in [0.25, 0.3) is 0 Å². The number of sulfone groups is 1. The van der Waals surface area contributed by atoms with Gasteiger partial charge >= 0.3 is 6.01 Å². The number of rotatable bonds is 8. The Morgan fingerprint density at radius 1 is 1.39 bits per heavy atom. The van der Waals surface area contributed by atoms with Gasteiger partial charge in [-0.25, -0.2) is 18.4 Å². The molecule has 0 saturated carbocycles. The zero-order chi connectivity index (χ0) is 20.2. The maximum atomic E-state index is 13.0.